The van der Waals surface area contributed by atoms with E-state index in [0.29, 0.717) is 12.8 Å². The predicted molar refractivity (Wildman–Crippen MR) is 75.0 cm³/mol. The fourth-order valence-corrected chi connectivity index (χ4v) is 4.18. The Kier molecular flexibility index (Phi) is 5.10. The second kappa shape index (κ2) is 5.97. The molecule has 104 valence electrons. The van der Waals surface area contributed by atoms with Crippen molar-refractivity contribution in [2.24, 2.45) is 11.7 Å². The first-order valence-electron chi connectivity index (χ1n) is 6.05. The van der Waals surface area contributed by atoms with Crippen LogP contribution in [0.15, 0.2) is 0 Å². The molecule has 1 heterocycles. The maximum Gasteiger partial charge on any atom is 0.232 e. The first kappa shape index (κ1) is 15.4. The van der Waals surface area contributed by atoms with Crippen molar-refractivity contribution in [1.29, 1.82) is 0 Å². The van der Waals surface area contributed by atoms with Gasteiger partial charge in [-0.3, -0.25) is 4.79 Å². The van der Waals surface area contributed by atoms with Crippen molar-refractivity contribution < 1.29 is 13.2 Å². The molecule has 1 aliphatic heterocycles. The average molecular weight is 292 g/mol. The van der Waals surface area contributed by atoms with Gasteiger partial charge in [0.05, 0.1) is 22.4 Å². The van der Waals surface area contributed by atoms with Gasteiger partial charge in [-0.2, -0.15) is 0 Å². The number of nitrogens with two attached hydrogens (primary N) is 1. The minimum absolute atomic E-state index is 0.0470. The largest absolute Gasteiger partial charge is 0.393 e. The molecule has 1 saturated heterocycles. The second-order valence-electron chi connectivity index (χ2n) is 4.75. The van der Waals surface area contributed by atoms with Gasteiger partial charge in [-0.1, -0.05) is 25.6 Å². The van der Waals surface area contributed by atoms with Gasteiger partial charge in [-0.05, 0) is 12.8 Å². The third kappa shape index (κ3) is 3.65. The lowest BCUT2D eigenvalue weighted by Crippen LogP contribution is -2.44. The number of rotatable bonds is 5. The molecule has 18 heavy (non-hydrogen) atoms. The van der Waals surface area contributed by atoms with E-state index in [4.69, 9.17) is 18.0 Å². The average Bonchev–Trinajstić information content (AvgIpc) is 2.64. The number of carbonyl (C=O) groups is 1. The van der Waals surface area contributed by atoms with Crippen LogP contribution in [0.25, 0.3) is 0 Å². The quantitative estimate of drug-likeness (QED) is 0.739. The van der Waals surface area contributed by atoms with Crippen LogP contribution >= 0.6 is 12.2 Å². The molecule has 2 atom stereocenters. The van der Waals surface area contributed by atoms with E-state index in [0.717, 1.165) is 6.42 Å². The zero-order valence-corrected chi connectivity index (χ0v) is 12.4. The standard InChI is InChI=1S/C11H20N2O3S2/c1-3-4-9(10(12)17)11(14)13(2)8-5-6-18(15,16)7-8/h8-9H,3-7H2,1-2H3,(H2,12,17). The van der Waals surface area contributed by atoms with Crippen LogP contribution in [0.4, 0.5) is 0 Å². The van der Waals surface area contributed by atoms with Gasteiger partial charge in [0.2, 0.25) is 5.91 Å². The first-order chi connectivity index (χ1) is 8.28. The summed E-state index contributed by atoms with van der Waals surface area (Å²) in [5, 5.41) is 0. The molecule has 0 spiro atoms. The molecule has 2 unspecified atom stereocenters. The lowest BCUT2D eigenvalue weighted by molar-refractivity contribution is -0.133. The molecule has 1 fully saturated rings. The lowest BCUT2D eigenvalue weighted by Gasteiger charge is -2.27. The van der Waals surface area contributed by atoms with Crippen LogP contribution in [0, 0.1) is 5.92 Å². The highest BCUT2D eigenvalue weighted by Gasteiger charge is 2.35. The molecule has 0 aromatic carbocycles. The van der Waals surface area contributed by atoms with Gasteiger partial charge in [-0.15, -0.1) is 0 Å². The normalized spacial score (nSPS) is 23.6. The molecule has 0 radical (unpaired) electrons. The Labute approximate surface area is 114 Å². The number of amides is 1. The highest BCUT2D eigenvalue weighted by Crippen LogP contribution is 2.20. The number of nitrogens with zero attached hydrogens (tertiary/aromatic N) is 1. The number of hydrogen-bond acceptors (Lipinski definition) is 4. The number of sulfone groups is 1. The Morgan fingerprint density at radius 1 is 1.56 bits per heavy atom. The minimum atomic E-state index is -2.99. The molecule has 7 heteroatoms. The van der Waals surface area contributed by atoms with Crippen molar-refractivity contribution in [3.05, 3.63) is 0 Å². The zero-order valence-electron chi connectivity index (χ0n) is 10.8. The van der Waals surface area contributed by atoms with Crippen LogP contribution in [-0.4, -0.2) is 48.8 Å². The van der Waals surface area contributed by atoms with E-state index in [-0.39, 0.29) is 28.4 Å². The third-order valence-electron chi connectivity index (χ3n) is 3.32. The highest BCUT2D eigenvalue weighted by atomic mass is 32.2. The van der Waals surface area contributed by atoms with E-state index in [9.17, 15) is 13.2 Å². The first-order valence-corrected chi connectivity index (χ1v) is 8.28. The van der Waals surface area contributed by atoms with Gasteiger partial charge in [-0.25, -0.2) is 8.42 Å². The predicted octanol–water partition coefficient (Wildman–Crippen LogP) is 0.334. The second-order valence-corrected chi connectivity index (χ2v) is 7.45. The summed E-state index contributed by atoms with van der Waals surface area (Å²) in [7, 11) is -1.36. The van der Waals surface area contributed by atoms with Crippen molar-refractivity contribution in [2.45, 2.75) is 32.2 Å². The molecule has 5 nitrogen and oxygen atoms in total. The summed E-state index contributed by atoms with van der Waals surface area (Å²) in [4.78, 5) is 13.9. The molecule has 1 rings (SSSR count). The molecule has 0 saturated carbocycles. The molecule has 0 aliphatic carbocycles. The van der Waals surface area contributed by atoms with Gasteiger partial charge in [0.1, 0.15) is 0 Å². The van der Waals surface area contributed by atoms with E-state index in [1.807, 2.05) is 6.92 Å². The lowest BCUT2D eigenvalue weighted by atomic mass is 10.0. The van der Waals surface area contributed by atoms with Gasteiger partial charge in [0.15, 0.2) is 9.84 Å². The molecular formula is C11H20N2O3S2. The smallest absolute Gasteiger partial charge is 0.232 e. The monoisotopic (exact) mass is 292 g/mol. The van der Waals surface area contributed by atoms with Crippen molar-refractivity contribution in [3.8, 4) is 0 Å². The van der Waals surface area contributed by atoms with Crippen molar-refractivity contribution >= 4 is 33.0 Å². The van der Waals surface area contributed by atoms with Crippen molar-refractivity contribution in [3.63, 3.8) is 0 Å². The van der Waals surface area contributed by atoms with Gasteiger partial charge >= 0.3 is 0 Å². The molecule has 1 aliphatic rings. The summed E-state index contributed by atoms with van der Waals surface area (Å²) in [6.45, 7) is 1.96. The summed E-state index contributed by atoms with van der Waals surface area (Å²) >= 11 is 4.91. The Balaban J connectivity index is 2.74. The van der Waals surface area contributed by atoms with E-state index in [2.05, 4.69) is 0 Å². The van der Waals surface area contributed by atoms with Crippen LogP contribution in [0.2, 0.25) is 0 Å². The molecule has 0 aromatic rings. The number of thiocarbonyl (C=S) groups is 1. The Morgan fingerprint density at radius 3 is 2.56 bits per heavy atom. The summed E-state index contributed by atoms with van der Waals surface area (Å²) in [6, 6.07) is -0.240. The van der Waals surface area contributed by atoms with Gasteiger partial charge in [0.25, 0.3) is 0 Å². The van der Waals surface area contributed by atoms with Crippen LogP contribution in [0.1, 0.15) is 26.2 Å². The number of carbonyl (C=O) groups excluding carboxylic acids is 1. The van der Waals surface area contributed by atoms with E-state index in [1.54, 1.807) is 7.05 Å². The number of hydrogen-bond donors (Lipinski definition) is 1. The Hall–Kier alpha value is -0.690. The highest BCUT2D eigenvalue weighted by molar-refractivity contribution is 7.91. The van der Waals surface area contributed by atoms with Crippen molar-refractivity contribution in [1.82, 2.24) is 4.90 Å². The summed E-state index contributed by atoms with van der Waals surface area (Å²) in [5.41, 5.74) is 5.58. The van der Waals surface area contributed by atoms with Gasteiger partial charge in [0, 0.05) is 13.1 Å². The summed E-state index contributed by atoms with van der Waals surface area (Å²) in [6.07, 6.45) is 1.92. The Morgan fingerprint density at radius 2 is 2.17 bits per heavy atom. The summed E-state index contributed by atoms with van der Waals surface area (Å²) in [5.74, 6) is -0.434. The summed E-state index contributed by atoms with van der Waals surface area (Å²) < 4.78 is 22.8. The van der Waals surface area contributed by atoms with Crippen LogP contribution < -0.4 is 5.73 Å². The topological polar surface area (TPSA) is 80.5 Å². The molecule has 1 amide bonds. The minimum Gasteiger partial charge on any atom is -0.393 e. The van der Waals surface area contributed by atoms with Crippen LogP contribution in [0.5, 0.6) is 0 Å². The maximum absolute atomic E-state index is 12.2. The van der Waals surface area contributed by atoms with E-state index in [1.165, 1.54) is 4.90 Å². The molecule has 2 N–H and O–H groups in total. The fourth-order valence-electron chi connectivity index (χ4n) is 2.18. The third-order valence-corrected chi connectivity index (χ3v) is 5.36. The van der Waals surface area contributed by atoms with Crippen molar-refractivity contribution in [2.75, 3.05) is 18.6 Å². The maximum atomic E-state index is 12.2. The van der Waals surface area contributed by atoms with Crippen LogP contribution in [0.3, 0.4) is 0 Å². The van der Waals surface area contributed by atoms with E-state index < -0.39 is 15.8 Å². The fraction of sp³-hybridized carbons (Fsp3) is 0.818. The molecular weight excluding hydrogens is 272 g/mol. The SMILES string of the molecule is CCCC(C(=O)N(C)C1CCS(=O)(=O)C1)C(N)=S. The molecule has 0 aromatic heterocycles. The van der Waals surface area contributed by atoms with Crippen LogP contribution in [-0.2, 0) is 14.6 Å². The van der Waals surface area contributed by atoms with Gasteiger partial charge < -0.3 is 10.6 Å². The molecule has 0 bridgehead atoms. The zero-order chi connectivity index (χ0) is 13.9. The van der Waals surface area contributed by atoms with E-state index >= 15 is 0 Å². The Bertz CT molecular complexity index is 434.